The fraction of sp³-hybridized carbons (Fsp3) is 0.692. The SMILES string of the molecule is CCCCCCCCCC(=O)OC[C@@H](C)CN1CCC(c2onc3cc(F)ccc23)CC1. The summed E-state index contributed by atoms with van der Waals surface area (Å²) in [6, 6.07) is 4.66. The summed E-state index contributed by atoms with van der Waals surface area (Å²) < 4.78 is 24.5. The third-order valence-electron chi connectivity index (χ3n) is 6.51. The van der Waals surface area contributed by atoms with Gasteiger partial charge in [-0.3, -0.25) is 4.79 Å². The topological polar surface area (TPSA) is 55.6 Å². The third kappa shape index (κ3) is 7.58. The first kappa shape index (κ1) is 24.7. The Balaban J connectivity index is 1.30. The molecule has 0 aliphatic carbocycles. The Morgan fingerprint density at radius 2 is 1.91 bits per heavy atom. The molecule has 2 heterocycles. The van der Waals surface area contributed by atoms with E-state index in [0.29, 0.717) is 30.4 Å². The lowest BCUT2D eigenvalue weighted by atomic mass is 9.92. The van der Waals surface area contributed by atoms with E-state index in [2.05, 4.69) is 23.9 Å². The second kappa shape index (κ2) is 12.9. The average Bonchev–Trinajstić information content (AvgIpc) is 3.20. The Kier molecular flexibility index (Phi) is 9.97. The molecule has 32 heavy (non-hydrogen) atoms. The molecule has 5 nitrogen and oxygen atoms in total. The number of piperidine rings is 1. The van der Waals surface area contributed by atoms with E-state index in [0.717, 1.165) is 56.5 Å². The number of esters is 1. The van der Waals surface area contributed by atoms with E-state index < -0.39 is 0 Å². The van der Waals surface area contributed by atoms with Crippen molar-refractivity contribution >= 4 is 16.9 Å². The summed E-state index contributed by atoms with van der Waals surface area (Å²) in [4.78, 5) is 14.4. The minimum atomic E-state index is -0.288. The maximum atomic E-state index is 13.4. The van der Waals surface area contributed by atoms with Crippen molar-refractivity contribution in [2.45, 2.75) is 84.0 Å². The fourth-order valence-electron chi connectivity index (χ4n) is 4.64. The highest BCUT2D eigenvalue weighted by molar-refractivity contribution is 5.80. The molecule has 1 aromatic heterocycles. The molecule has 0 unspecified atom stereocenters. The van der Waals surface area contributed by atoms with Gasteiger partial charge in [-0.15, -0.1) is 0 Å². The van der Waals surface area contributed by atoms with Crippen molar-refractivity contribution in [2.24, 2.45) is 5.92 Å². The predicted octanol–water partition coefficient (Wildman–Crippen LogP) is 6.47. The zero-order valence-corrected chi connectivity index (χ0v) is 19.8. The number of hydrogen-bond acceptors (Lipinski definition) is 5. The van der Waals surface area contributed by atoms with Gasteiger partial charge in [0.25, 0.3) is 0 Å². The Morgan fingerprint density at radius 1 is 1.19 bits per heavy atom. The second-order valence-corrected chi connectivity index (χ2v) is 9.44. The number of aromatic nitrogens is 1. The quantitative estimate of drug-likeness (QED) is 0.261. The number of ether oxygens (including phenoxy) is 1. The van der Waals surface area contributed by atoms with Crippen LogP contribution in [0, 0.1) is 11.7 Å². The largest absolute Gasteiger partial charge is 0.465 e. The lowest BCUT2D eigenvalue weighted by Gasteiger charge is -2.32. The van der Waals surface area contributed by atoms with E-state index in [4.69, 9.17) is 9.26 Å². The van der Waals surface area contributed by atoms with Crippen molar-refractivity contribution in [1.29, 1.82) is 0 Å². The van der Waals surface area contributed by atoms with Crippen molar-refractivity contribution in [3.8, 4) is 0 Å². The number of benzene rings is 1. The number of unbranched alkanes of at least 4 members (excludes halogenated alkanes) is 6. The third-order valence-corrected chi connectivity index (χ3v) is 6.51. The lowest BCUT2D eigenvalue weighted by Crippen LogP contribution is -2.37. The summed E-state index contributed by atoms with van der Waals surface area (Å²) in [7, 11) is 0. The fourth-order valence-corrected chi connectivity index (χ4v) is 4.64. The average molecular weight is 447 g/mol. The molecular formula is C26H39FN2O3. The number of rotatable bonds is 13. The van der Waals surface area contributed by atoms with E-state index in [1.807, 2.05) is 0 Å². The predicted molar refractivity (Wildman–Crippen MR) is 125 cm³/mol. The van der Waals surface area contributed by atoms with Gasteiger partial charge in [0.15, 0.2) is 0 Å². The summed E-state index contributed by atoms with van der Waals surface area (Å²) in [5, 5.41) is 4.95. The number of carbonyl (C=O) groups is 1. The molecule has 0 spiro atoms. The van der Waals surface area contributed by atoms with E-state index in [1.165, 1.54) is 44.2 Å². The van der Waals surface area contributed by atoms with E-state index in [1.54, 1.807) is 6.07 Å². The van der Waals surface area contributed by atoms with Crippen molar-refractivity contribution in [2.75, 3.05) is 26.2 Å². The molecule has 1 saturated heterocycles. The van der Waals surface area contributed by atoms with Gasteiger partial charge in [-0.1, -0.05) is 57.5 Å². The zero-order valence-electron chi connectivity index (χ0n) is 19.8. The minimum absolute atomic E-state index is 0.0576. The number of carbonyl (C=O) groups excluding carboxylic acids is 1. The number of hydrogen-bond donors (Lipinski definition) is 0. The van der Waals surface area contributed by atoms with Crippen LogP contribution in [0.15, 0.2) is 22.7 Å². The molecule has 1 aliphatic rings. The van der Waals surface area contributed by atoms with Crippen LogP contribution < -0.4 is 0 Å². The van der Waals surface area contributed by atoms with Crippen LogP contribution >= 0.6 is 0 Å². The van der Waals surface area contributed by atoms with E-state index in [-0.39, 0.29) is 11.8 Å². The number of nitrogens with zero attached hydrogens (tertiary/aromatic N) is 2. The van der Waals surface area contributed by atoms with Gasteiger partial charge in [-0.25, -0.2) is 4.39 Å². The molecule has 0 radical (unpaired) electrons. The summed E-state index contributed by atoms with van der Waals surface area (Å²) in [6.07, 6.45) is 11.0. The highest BCUT2D eigenvalue weighted by atomic mass is 19.1. The molecule has 1 aliphatic heterocycles. The molecule has 0 saturated carbocycles. The number of likely N-dealkylation sites (tertiary alicyclic amines) is 1. The van der Waals surface area contributed by atoms with Gasteiger partial charge in [-0.2, -0.15) is 0 Å². The zero-order chi connectivity index (χ0) is 22.8. The van der Waals surface area contributed by atoms with Crippen molar-refractivity contribution < 1.29 is 18.4 Å². The maximum absolute atomic E-state index is 13.4. The smallest absolute Gasteiger partial charge is 0.305 e. The maximum Gasteiger partial charge on any atom is 0.305 e. The highest BCUT2D eigenvalue weighted by Crippen LogP contribution is 2.33. The minimum Gasteiger partial charge on any atom is -0.465 e. The summed E-state index contributed by atoms with van der Waals surface area (Å²) in [5.74, 6) is 1.17. The molecule has 1 aromatic carbocycles. The molecule has 1 fully saturated rings. The Bertz CT molecular complexity index is 830. The Labute approximate surface area is 191 Å². The molecule has 0 bridgehead atoms. The normalized spacial score (nSPS) is 16.5. The van der Waals surface area contributed by atoms with Gasteiger partial charge < -0.3 is 14.2 Å². The monoisotopic (exact) mass is 446 g/mol. The summed E-state index contributed by atoms with van der Waals surface area (Å²) in [5.41, 5.74) is 0.592. The van der Waals surface area contributed by atoms with E-state index in [9.17, 15) is 9.18 Å². The summed E-state index contributed by atoms with van der Waals surface area (Å²) in [6.45, 7) is 7.75. The first-order valence-corrected chi connectivity index (χ1v) is 12.5. The van der Waals surface area contributed by atoms with Crippen LogP contribution in [-0.2, 0) is 9.53 Å². The molecule has 0 amide bonds. The van der Waals surface area contributed by atoms with Crippen molar-refractivity contribution in [1.82, 2.24) is 10.1 Å². The van der Waals surface area contributed by atoms with Gasteiger partial charge in [0.2, 0.25) is 0 Å². The molecule has 178 valence electrons. The first-order chi connectivity index (χ1) is 15.6. The van der Waals surface area contributed by atoms with Crippen LogP contribution in [0.25, 0.3) is 10.9 Å². The van der Waals surface area contributed by atoms with Gasteiger partial charge >= 0.3 is 5.97 Å². The van der Waals surface area contributed by atoms with E-state index >= 15 is 0 Å². The van der Waals surface area contributed by atoms with Crippen LogP contribution in [0.2, 0.25) is 0 Å². The lowest BCUT2D eigenvalue weighted by molar-refractivity contribution is -0.145. The van der Waals surface area contributed by atoms with Crippen LogP contribution in [0.5, 0.6) is 0 Å². The van der Waals surface area contributed by atoms with Gasteiger partial charge in [-0.05, 0) is 44.5 Å². The molecule has 0 N–H and O–H groups in total. The number of halogens is 1. The molecule has 1 atom stereocenters. The van der Waals surface area contributed by atoms with Crippen LogP contribution in [0.3, 0.4) is 0 Å². The van der Waals surface area contributed by atoms with Crippen LogP contribution in [-0.4, -0.2) is 42.3 Å². The standard InChI is InChI=1S/C26H39FN2O3/c1-3-4-5-6-7-8-9-10-25(30)31-19-20(2)18-29-15-13-21(14-16-29)26-23-12-11-22(27)17-24(23)28-32-26/h11-12,17,20-21H,3-10,13-16,18-19H2,1-2H3/t20-/m0/s1. The Hall–Kier alpha value is -1.95. The van der Waals surface area contributed by atoms with Crippen molar-refractivity contribution in [3.05, 3.63) is 29.8 Å². The van der Waals surface area contributed by atoms with Gasteiger partial charge in [0.1, 0.15) is 17.1 Å². The first-order valence-electron chi connectivity index (χ1n) is 12.5. The second-order valence-electron chi connectivity index (χ2n) is 9.44. The van der Waals surface area contributed by atoms with Crippen LogP contribution in [0.4, 0.5) is 4.39 Å². The van der Waals surface area contributed by atoms with Gasteiger partial charge in [0.05, 0.1) is 6.61 Å². The molecular weight excluding hydrogens is 407 g/mol. The molecule has 3 rings (SSSR count). The molecule has 6 heteroatoms. The highest BCUT2D eigenvalue weighted by Gasteiger charge is 2.26. The summed E-state index contributed by atoms with van der Waals surface area (Å²) >= 11 is 0. The molecule has 2 aromatic rings. The van der Waals surface area contributed by atoms with Gasteiger partial charge in [0, 0.05) is 36.3 Å². The Morgan fingerprint density at radius 3 is 2.66 bits per heavy atom. The van der Waals surface area contributed by atoms with Crippen molar-refractivity contribution in [3.63, 3.8) is 0 Å². The number of fused-ring (bicyclic) bond motifs is 1. The van der Waals surface area contributed by atoms with Crippen LogP contribution in [0.1, 0.15) is 89.7 Å².